The lowest BCUT2D eigenvalue weighted by Crippen LogP contribution is -2.29. The van der Waals surface area contributed by atoms with E-state index >= 15 is 0 Å². The molecule has 18 heavy (non-hydrogen) atoms. The second kappa shape index (κ2) is 5.54. The van der Waals surface area contributed by atoms with E-state index < -0.39 is 0 Å². The number of rotatable bonds is 3. The Bertz CT molecular complexity index is 415. The number of aromatic hydroxyl groups is 1. The van der Waals surface area contributed by atoms with Crippen LogP contribution >= 0.6 is 11.8 Å². The van der Waals surface area contributed by atoms with E-state index in [1.54, 1.807) is 6.07 Å². The molecule has 2 nitrogen and oxygen atoms in total. The molecule has 3 rings (SSSR count). The number of benzene rings is 1. The lowest BCUT2D eigenvalue weighted by atomic mass is 10.1. The number of phenolic OH excluding ortho intramolecular Hbond substituents is 1. The van der Waals surface area contributed by atoms with E-state index in [-0.39, 0.29) is 0 Å². The smallest absolute Gasteiger partial charge is 0.119 e. The minimum atomic E-state index is 0.453. The summed E-state index contributed by atoms with van der Waals surface area (Å²) >= 11 is 2.12. The summed E-state index contributed by atoms with van der Waals surface area (Å²) in [4.78, 5) is 0. The third-order valence-corrected chi connectivity index (χ3v) is 5.51. The van der Waals surface area contributed by atoms with Crippen LogP contribution in [-0.4, -0.2) is 22.7 Å². The Kier molecular flexibility index (Phi) is 3.80. The van der Waals surface area contributed by atoms with Gasteiger partial charge < -0.3 is 10.4 Å². The Balaban J connectivity index is 1.60. The molecule has 98 valence electrons. The predicted octanol–water partition coefficient (Wildman–Crippen LogP) is 3.25. The molecule has 2 atom stereocenters. The van der Waals surface area contributed by atoms with Crippen molar-refractivity contribution in [2.75, 3.05) is 12.3 Å². The van der Waals surface area contributed by atoms with Crippen molar-refractivity contribution in [1.29, 1.82) is 0 Å². The molecule has 0 saturated carbocycles. The SMILES string of the molecule is Oc1cccc2c1CCC2NCC1CCCCS1. The molecule has 1 aliphatic heterocycles. The van der Waals surface area contributed by atoms with Gasteiger partial charge in [-0.15, -0.1) is 0 Å². The van der Waals surface area contributed by atoms with Crippen LogP contribution in [0.4, 0.5) is 0 Å². The van der Waals surface area contributed by atoms with Gasteiger partial charge in [0.05, 0.1) is 0 Å². The van der Waals surface area contributed by atoms with Crippen LogP contribution < -0.4 is 5.32 Å². The van der Waals surface area contributed by atoms with Gasteiger partial charge in [0.25, 0.3) is 0 Å². The Hall–Kier alpha value is -0.670. The highest BCUT2D eigenvalue weighted by Crippen LogP contribution is 2.36. The van der Waals surface area contributed by atoms with Crippen molar-refractivity contribution in [3.05, 3.63) is 29.3 Å². The van der Waals surface area contributed by atoms with Crippen molar-refractivity contribution < 1.29 is 5.11 Å². The molecule has 2 aliphatic rings. The molecule has 1 aliphatic carbocycles. The van der Waals surface area contributed by atoms with E-state index in [0.717, 1.165) is 30.2 Å². The average Bonchev–Trinajstić information content (AvgIpc) is 2.82. The van der Waals surface area contributed by atoms with E-state index in [1.807, 2.05) is 6.07 Å². The van der Waals surface area contributed by atoms with Crippen LogP contribution in [0.1, 0.15) is 42.9 Å². The third-order valence-electron chi connectivity index (χ3n) is 4.11. The molecule has 1 saturated heterocycles. The number of nitrogens with one attached hydrogen (secondary N) is 1. The van der Waals surface area contributed by atoms with Crippen LogP contribution in [0, 0.1) is 0 Å². The number of hydrogen-bond donors (Lipinski definition) is 2. The summed E-state index contributed by atoms with van der Waals surface area (Å²) in [7, 11) is 0. The maximum atomic E-state index is 9.83. The summed E-state index contributed by atoms with van der Waals surface area (Å²) in [6.45, 7) is 1.12. The van der Waals surface area contributed by atoms with Crippen LogP contribution in [-0.2, 0) is 6.42 Å². The monoisotopic (exact) mass is 263 g/mol. The fraction of sp³-hybridized carbons (Fsp3) is 0.600. The van der Waals surface area contributed by atoms with Gasteiger partial charge in [-0.2, -0.15) is 11.8 Å². The second-order valence-electron chi connectivity index (χ2n) is 5.33. The van der Waals surface area contributed by atoms with Crippen LogP contribution in [0.3, 0.4) is 0 Å². The molecule has 2 unspecified atom stereocenters. The molecule has 3 heteroatoms. The highest BCUT2D eigenvalue weighted by atomic mass is 32.2. The molecule has 2 N–H and O–H groups in total. The number of hydrogen-bond acceptors (Lipinski definition) is 3. The summed E-state index contributed by atoms with van der Waals surface area (Å²) in [5.41, 5.74) is 2.47. The highest BCUT2D eigenvalue weighted by Gasteiger charge is 2.25. The van der Waals surface area contributed by atoms with E-state index in [1.165, 1.54) is 30.6 Å². The van der Waals surface area contributed by atoms with Crippen molar-refractivity contribution in [2.24, 2.45) is 0 Å². The van der Waals surface area contributed by atoms with Gasteiger partial charge in [-0.1, -0.05) is 18.6 Å². The van der Waals surface area contributed by atoms with Crippen molar-refractivity contribution in [1.82, 2.24) is 5.32 Å². The lowest BCUT2D eigenvalue weighted by molar-refractivity contribution is 0.469. The normalized spacial score (nSPS) is 27.1. The van der Waals surface area contributed by atoms with E-state index in [0.29, 0.717) is 11.8 Å². The van der Waals surface area contributed by atoms with Crippen molar-refractivity contribution in [3.8, 4) is 5.75 Å². The quantitative estimate of drug-likeness (QED) is 0.878. The van der Waals surface area contributed by atoms with Gasteiger partial charge in [0.1, 0.15) is 5.75 Å². The number of thioether (sulfide) groups is 1. The topological polar surface area (TPSA) is 32.3 Å². The Labute approximate surface area is 113 Å². The highest BCUT2D eigenvalue weighted by molar-refractivity contribution is 7.99. The van der Waals surface area contributed by atoms with Gasteiger partial charge in [-0.05, 0) is 48.6 Å². The predicted molar refractivity (Wildman–Crippen MR) is 77.3 cm³/mol. The largest absolute Gasteiger partial charge is 0.508 e. The molecule has 1 aromatic carbocycles. The Morgan fingerprint density at radius 2 is 2.22 bits per heavy atom. The summed E-state index contributed by atoms with van der Waals surface area (Å²) in [6.07, 6.45) is 6.28. The molecule has 1 aromatic rings. The minimum absolute atomic E-state index is 0.453. The molecular weight excluding hydrogens is 242 g/mol. The first-order chi connectivity index (χ1) is 8.84. The summed E-state index contributed by atoms with van der Waals surface area (Å²) in [6, 6.07) is 6.38. The molecule has 0 radical (unpaired) electrons. The molecule has 0 bridgehead atoms. The van der Waals surface area contributed by atoms with Crippen molar-refractivity contribution >= 4 is 11.8 Å². The first kappa shape index (κ1) is 12.4. The molecular formula is C15H21NOS. The van der Waals surface area contributed by atoms with Gasteiger partial charge in [0.15, 0.2) is 0 Å². The average molecular weight is 263 g/mol. The zero-order valence-corrected chi connectivity index (χ0v) is 11.5. The third kappa shape index (κ3) is 2.52. The van der Waals surface area contributed by atoms with Crippen molar-refractivity contribution in [2.45, 2.75) is 43.4 Å². The lowest BCUT2D eigenvalue weighted by Gasteiger charge is -2.24. The zero-order valence-electron chi connectivity index (χ0n) is 10.7. The Morgan fingerprint density at radius 3 is 3.06 bits per heavy atom. The van der Waals surface area contributed by atoms with Gasteiger partial charge in [-0.3, -0.25) is 0 Å². The molecule has 1 heterocycles. The van der Waals surface area contributed by atoms with Gasteiger partial charge in [0, 0.05) is 17.8 Å². The van der Waals surface area contributed by atoms with Crippen LogP contribution in [0.5, 0.6) is 5.75 Å². The van der Waals surface area contributed by atoms with E-state index in [4.69, 9.17) is 0 Å². The first-order valence-corrected chi connectivity index (χ1v) is 8.05. The first-order valence-electron chi connectivity index (χ1n) is 7.00. The maximum absolute atomic E-state index is 9.83. The summed E-state index contributed by atoms with van der Waals surface area (Å²) < 4.78 is 0. The fourth-order valence-corrected chi connectivity index (χ4v) is 4.34. The number of phenols is 1. The minimum Gasteiger partial charge on any atom is -0.508 e. The maximum Gasteiger partial charge on any atom is 0.119 e. The van der Waals surface area contributed by atoms with Crippen LogP contribution in [0.2, 0.25) is 0 Å². The second-order valence-corrected chi connectivity index (χ2v) is 6.74. The van der Waals surface area contributed by atoms with Gasteiger partial charge >= 0.3 is 0 Å². The van der Waals surface area contributed by atoms with E-state index in [2.05, 4.69) is 23.1 Å². The summed E-state index contributed by atoms with van der Waals surface area (Å²) in [5.74, 6) is 1.80. The number of fused-ring (bicyclic) bond motifs is 1. The van der Waals surface area contributed by atoms with Crippen LogP contribution in [0.15, 0.2) is 18.2 Å². The molecule has 0 aromatic heterocycles. The fourth-order valence-electron chi connectivity index (χ4n) is 3.09. The Morgan fingerprint density at radius 1 is 1.28 bits per heavy atom. The standard InChI is InChI=1S/C15H21NOS/c17-15-6-3-5-12-13(15)7-8-14(12)16-10-11-4-1-2-9-18-11/h3,5-6,11,14,16-17H,1-2,4,7-10H2. The van der Waals surface area contributed by atoms with Crippen molar-refractivity contribution in [3.63, 3.8) is 0 Å². The zero-order chi connectivity index (χ0) is 12.4. The van der Waals surface area contributed by atoms with Gasteiger partial charge in [0.2, 0.25) is 0 Å². The molecule has 1 fully saturated rings. The summed E-state index contributed by atoms with van der Waals surface area (Å²) in [5, 5.41) is 14.3. The van der Waals surface area contributed by atoms with Gasteiger partial charge in [-0.25, -0.2) is 0 Å². The molecule has 0 spiro atoms. The van der Waals surface area contributed by atoms with E-state index in [9.17, 15) is 5.11 Å². The van der Waals surface area contributed by atoms with Crippen LogP contribution in [0.25, 0.3) is 0 Å². The molecule has 0 amide bonds.